The van der Waals surface area contributed by atoms with E-state index in [4.69, 9.17) is 0 Å². The first kappa shape index (κ1) is 21.1. The number of hydrogen-bond acceptors (Lipinski definition) is 3. The van der Waals surface area contributed by atoms with Gasteiger partial charge in [0.05, 0.1) is 0 Å². The van der Waals surface area contributed by atoms with Crippen molar-refractivity contribution in [3.8, 4) is 0 Å². The second-order valence-corrected chi connectivity index (χ2v) is 6.70. The van der Waals surface area contributed by atoms with Crippen molar-refractivity contribution < 1.29 is 9.59 Å². The molecule has 0 unspecified atom stereocenters. The third-order valence-corrected chi connectivity index (χ3v) is 3.70. The lowest BCUT2D eigenvalue weighted by atomic mass is 10.0. The molecule has 4 nitrogen and oxygen atoms in total. The van der Waals surface area contributed by atoms with Crippen molar-refractivity contribution in [1.82, 2.24) is 10.6 Å². The number of ketones is 1. The van der Waals surface area contributed by atoms with E-state index in [-0.39, 0.29) is 11.8 Å². The van der Waals surface area contributed by atoms with E-state index in [2.05, 4.69) is 24.5 Å². The number of unbranched alkanes of at least 4 members (excludes halogenated alkanes) is 4. The van der Waals surface area contributed by atoms with Gasteiger partial charge in [0.15, 0.2) is 0 Å². The molecule has 0 rings (SSSR count). The molecular weight excluding hydrogens is 276 g/mol. The van der Waals surface area contributed by atoms with E-state index >= 15 is 0 Å². The van der Waals surface area contributed by atoms with Crippen LogP contribution in [-0.2, 0) is 9.59 Å². The van der Waals surface area contributed by atoms with Crippen LogP contribution in [0.1, 0.15) is 79.1 Å². The number of hydrogen-bond donors (Lipinski definition) is 2. The van der Waals surface area contributed by atoms with Crippen molar-refractivity contribution in [2.24, 2.45) is 5.92 Å². The van der Waals surface area contributed by atoms with E-state index < -0.39 is 0 Å². The Morgan fingerprint density at radius 2 is 1.36 bits per heavy atom. The molecule has 1 amide bonds. The van der Waals surface area contributed by atoms with Crippen LogP contribution in [0.5, 0.6) is 0 Å². The van der Waals surface area contributed by atoms with Crippen LogP contribution >= 0.6 is 0 Å². The van der Waals surface area contributed by atoms with E-state index in [1.54, 1.807) is 0 Å². The molecule has 0 aliphatic carbocycles. The average molecular weight is 312 g/mol. The lowest BCUT2D eigenvalue weighted by Crippen LogP contribution is -2.24. The fraction of sp³-hybridized carbons (Fsp3) is 0.889. The smallest absolute Gasteiger partial charge is 0.219 e. The Balaban J connectivity index is 3.31. The summed E-state index contributed by atoms with van der Waals surface area (Å²) in [5.41, 5.74) is 0. The maximum absolute atomic E-state index is 11.6. The quantitative estimate of drug-likeness (QED) is 0.483. The molecule has 130 valence electrons. The SMILES string of the molecule is CC(C)NCCCCCCNC(=O)CCCCC(=O)C(C)C. The second kappa shape index (κ2) is 13.7. The molecule has 0 aromatic heterocycles. The predicted octanol–water partition coefficient (Wildman–Crippen LogP) is 3.45. The molecule has 0 aromatic rings. The van der Waals surface area contributed by atoms with Crippen molar-refractivity contribution in [2.75, 3.05) is 13.1 Å². The minimum Gasteiger partial charge on any atom is -0.356 e. The molecule has 0 spiro atoms. The van der Waals surface area contributed by atoms with Crippen LogP contribution < -0.4 is 10.6 Å². The minimum atomic E-state index is 0.115. The number of carbonyl (C=O) groups is 2. The van der Waals surface area contributed by atoms with E-state index in [0.29, 0.717) is 24.7 Å². The zero-order chi connectivity index (χ0) is 16.8. The van der Waals surface area contributed by atoms with Crippen LogP contribution in [0.25, 0.3) is 0 Å². The highest BCUT2D eigenvalue weighted by Crippen LogP contribution is 2.06. The molecule has 0 bridgehead atoms. The third-order valence-electron chi connectivity index (χ3n) is 3.70. The Morgan fingerprint density at radius 1 is 0.773 bits per heavy atom. The predicted molar refractivity (Wildman–Crippen MR) is 92.9 cm³/mol. The Bertz CT molecular complexity index is 301. The number of nitrogens with one attached hydrogen (secondary N) is 2. The van der Waals surface area contributed by atoms with Crippen molar-refractivity contribution >= 4 is 11.7 Å². The Hall–Kier alpha value is -0.900. The largest absolute Gasteiger partial charge is 0.356 e. The summed E-state index contributed by atoms with van der Waals surface area (Å²) < 4.78 is 0. The van der Waals surface area contributed by atoms with E-state index in [1.807, 2.05) is 13.8 Å². The lowest BCUT2D eigenvalue weighted by molar-refractivity contribution is -0.123. The molecule has 2 N–H and O–H groups in total. The summed E-state index contributed by atoms with van der Waals surface area (Å²) in [6.45, 7) is 10.0. The maximum atomic E-state index is 11.6. The fourth-order valence-electron chi connectivity index (χ4n) is 2.18. The summed E-state index contributed by atoms with van der Waals surface area (Å²) in [6, 6.07) is 0.565. The maximum Gasteiger partial charge on any atom is 0.219 e. The van der Waals surface area contributed by atoms with Crippen molar-refractivity contribution in [2.45, 2.75) is 85.1 Å². The molecular formula is C18H36N2O2. The number of Topliss-reactive ketones (excluding diaryl/α,β-unsaturated/α-hetero) is 1. The summed E-state index contributed by atoms with van der Waals surface area (Å²) in [5, 5.41) is 6.37. The average Bonchev–Trinajstić information content (AvgIpc) is 2.45. The van der Waals surface area contributed by atoms with Crippen molar-refractivity contribution in [3.63, 3.8) is 0 Å². The standard InChI is InChI=1S/C18H36N2O2/c1-15(2)17(21)11-7-8-12-18(22)20-14-10-6-5-9-13-19-16(3)4/h15-16,19H,5-14H2,1-4H3,(H,20,22). The molecule has 0 aromatic carbocycles. The monoisotopic (exact) mass is 312 g/mol. The van der Waals surface area contributed by atoms with Gasteiger partial charge in [-0.25, -0.2) is 0 Å². The summed E-state index contributed by atoms with van der Waals surface area (Å²) in [6.07, 6.45) is 7.43. The Kier molecular flexibility index (Phi) is 13.2. The fourth-order valence-corrected chi connectivity index (χ4v) is 2.18. The first-order valence-electron chi connectivity index (χ1n) is 8.96. The van der Waals surface area contributed by atoms with Crippen molar-refractivity contribution in [1.29, 1.82) is 0 Å². The van der Waals surface area contributed by atoms with Crippen LogP contribution in [0.3, 0.4) is 0 Å². The van der Waals surface area contributed by atoms with E-state index in [1.165, 1.54) is 19.3 Å². The Labute approximate surface area is 136 Å². The van der Waals surface area contributed by atoms with Crippen LogP contribution in [0.15, 0.2) is 0 Å². The molecule has 4 heteroatoms. The number of carbonyl (C=O) groups excluding carboxylic acids is 2. The minimum absolute atomic E-state index is 0.115. The molecule has 0 saturated heterocycles. The molecule has 0 saturated carbocycles. The van der Waals surface area contributed by atoms with Crippen LogP contribution in [0.4, 0.5) is 0 Å². The van der Waals surface area contributed by atoms with E-state index in [9.17, 15) is 9.59 Å². The molecule has 0 aliphatic heterocycles. The van der Waals surface area contributed by atoms with Gasteiger partial charge in [0.1, 0.15) is 5.78 Å². The molecule has 0 aliphatic rings. The van der Waals surface area contributed by atoms with Gasteiger partial charge in [-0.2, -0.15) is 0 Å². The lowest BCUT2D eigenvalue weighted by Gasteiger charge is -2.08. The van der Waals surface area contributed by atoms with E-state index in [0.717, 1.165) is 32.4 Å². The summed E-state index contributed by atoms with van der Waals surface area (Å²) in [4.78, 5) is 23.1. The van der Waals surface area contributed by atoms with Gasteiger partial charge < -0.3 is 10.6 Å². The van der Waals surface area contributed by atoms with Gasteiger partial charge in [-0.3, -0.25) is 9.59 Å². The zero-order valence-electron chi connectivity index (χ0n) is 15.0. The van der Waals surface area contributed by atoms with Gasteiger partial charge in [-0.1, -0.05) is 40.5 Å². The molecule has 22 heavy (non-hydrogen) atoms. The van der Waals surface area contributed by atoms with Gasteiger partial charge in [0, 0.05) is 31.3 Å². The second-order valence-electron chi connectivity index (χ2n) is 6.70. The van der Waals surface area contributed by atoms with Crippen molar-refractivity contribution in [3.05, 3.63) is 0 Å². The highest BCUT2D eigenvalue weighted by Gasteiger charge is 2.07. The number of amides is 1. The topological polar surface area (TPSA) is 58.2 Å². The Morgan fingerprint density at radius 3 is 1.95 bits per heavy atom. The zero-order valence-corrected chi connectivity index (χ0v) is 15.0. The van der Waals surface area contributed by atoms with Crippen LogP contribution in [0, 0.1) is 5.92 Å². The summed E-state index contributed by atoms with van der Waals surface area (Å²) >= 11 is 0. The highest BCUT2D eigenvalue weighted by atomic mass is 16.1. The highest BCUT2D eigenvalue weighted by molar-refractivity contribution is 5.80. The van der Waals surface area contributed by atoms with Gasteiger partial charge >= 0.3 is 0 Å². The van der Waals surface area contributed by atoms with Crippen LogP contribution in [-0.4, -0.2) is 30.8 Å². The molecule has 0 heterocycles. The van der Waals surface area contributed by atoms with Gasteiger partial charge in [-0.05, 0) is 32.2 Å². The summed E-state index contributed by atoms with van der Waals surface area (Å²) in [5.74, 6) is 0.537. The molecule has 0 radical (unpaired) electrons. The first-order chi connectivity index (χ1) is 10.4. The normalized spacial score (nSPS) is 11.2. The number of rotatable bonds is 14. The molecule has 0 atom stereocenters. The van der Waals surface area contributed by atoms with Gasteiger partial charge in [0.25, 0.3) is 0 Å². The summed E-state index contributed by atoms with van der Waals surface area (Å²) in [7, 11) is 0. The molecule has 0 fully saturated rings. The van der Waals surface area contributed by atoms with Gasteiger partial charge in [0.2, 0.25) is 5.91 Å². The first-order valence-corrected chi connectivity index (χ1v) is 8.96. The van der Waals surface area contributed by atoms with Gasteiger partial charge in [-0.15, -0.1) is 0 Å². The van der Waals surface area contributed by atoms with Crippen LogP contribution in [0.2, 0.25) is 0 Å². The third kappa shape index (κ3) is 14.1.